The van der Waals surface area contributed by atoms with Crippen molar-refractivity contribution in [1.29, 1.82) is 0 Å². The fourth-order valence-corrected chi connectivity index (χ4v) is 3.72. The van der Waals surface area contributed by atoms with E-state index >= 15 is 0 Å². The minimum absolute atomic E-state index is 0.00176. The van der Waals surface area contributed by atoms with Crippen molar-refractivity contribution in [3.05, 3.63) is 45.8 Å². The maximum absolute atomic E-state index is 12.1. The number of amides is 1. The Balaban J connectivity index is 1.54. The number of hydrogen-bond acceptors (Lipinski definition) is 5. The van der Waals surface area contributed by atoms with Gasteiger partial charge in [-0.05, 0) is 31.4 Å². The zero-order valence-corrected chi connectivity index (χ0v) is 14.6. The standard InChI is InChI=1S/C17H22N4O2S/c1-13-5-4-7-20(9-13)10-14-12-24-17(18-14)19-15(22)11-21-8-3-2-6-16(21)23/h2-3,6,8,12-13H,4-5,7,9-11H2,1H3,(H,18,19,22)/t13-/m0/s1. The predicted octanol–water partition coefficient (Wildman–Crippen LogP) is 2.18. The van der Waals surface area contributed by atoms with Crippen molar-refractivity contribution in [3.8, 4) is 0 Å². The van der Waals surface area contributed by atoms with E-state index < -0.39 is 0 Å². The highest BCUT2D eigenvalue weighted by Crippen LogP contribution is 2.20. The smallest absolute Gasteiger partial charge is 0.250 e. The van der Waals surface area contributed by atoms with Gasteiger partial charge in [-0.1, -0.05) is 13.0 Å². The van der Waals surface area contributed by atoms with Crippen molar-refractivity contribution < 1.29 is 4.79 Å². The molecule has 0 spiro atoms. The number of carbonyl (C=O) groups excluding carboxylic acids is 1. The largest absolute Gasteiger partial charge is 0.306 e. The van der Waals surface area contributed by atoms with Crippen LogP contribution in [-0.2, 0) is 17.9 Å². The van der Waals surface area contributed by atoms with Crippen LogP contribution < -0.4 is 10.9 Å². The summed E-state index contributed by atoms with van der Waals surface area (Å²) in [6.07, 6.45) is 4.14. The number of anilines is 1. The lowest BCUT2D eigenvalue weighted by Crippen LogP contribution is -2.33. The van der Waals surface area contributed by atoms with Gasteiger partial charge in [0, 0.05) is 30.7 Å². The monoisotopic (exact) mass is 346 g/mol. The van der Waals surface area contributed by atoms with E-state index in [1.165, 1.54) is 34.8 Å². The number of nitrogens with zero attached hydrogens (tertiary/aromatic N) is 3. The Kier molecular flexibility index (Phi) is 5.42. The molecule has 0 saturated carbocycles. The molecule has 3 rings (SSSR count). The SMILES string of the molecule is C[C@H]1CCCN(Cc2csc(NC(=O)Cn3ccccc3=O)n2)C1. The summed E-state index contributed by atoms with van der Waals surface area (Å²) < 4.78 is 1.37. The molecule has 0 unspecified atom stereocenters. The van der Waals surface area contributed by atoms with Gasteiger partial charge in [-0.2, -0.15) is 0 Å². The number of thiazole rings is 1. The Morgan fingerprint density at radius 3 is 3.12 bits per heavy atom. The second kappa shape index (κ2) is 7.72. The van der Waals surface area contributed by atoms with E-state index in [4.69, 9.17) is 0 Å². The van der Waals surface area contributed by atoms with Gasteiger partial charge < -0.3 is 9.88 Å². The highest BCUT2D eigenvalue weighted by Gasteiger charge is 2.17. The van der Waals surface area contributed by atoms with E-state index in [0.717, 1.165) is 31.2 Å². The summed E-state index contributed by atoms with van der Waals surface area (Å²) in [6.45, 7) is 5.33. The fourth-order valence-electron chi connectivity index (χ4n) is 3.00. The molecule has 1 aliphatic rings. The molecule has 1 aliphatic heterocycles. The molecule has 1 atom stereocenters. The van der Waals surface area contributed by atoms with Crippen molar-refractivity contribution in [1.82, 2.24) is 14.5 Å². The van der Waals surface area contributed by atoms with Crippen LogP contribution in [0.15, 0.2) is 34.6 Å². The number of piperidine rings is 1. The van der Waals surface area contributed by atoms with E-state index in [-0.39, 0.29) is 18.0 Å². The van der Waals surface area contributed by atoms with Crippen LogP contribution in [-0.4, -0.2) is 33.4 Å². The third kappa shape index (κ3) is 4.52. The van der Waals surface area contributed by atoms with Crippen LogP contribution in [0.2, 0.25) is 0 Å². The van der Waals surface area contributed by atoms with Gasteiger partial charge in [0.15, 0.2) is 5.13 Å². The summed E-state index contributed by atoms with van der Waals surface area (Å²) in [4.78, 5) is 30.6. The second-order valence-electron chi connectivity index (χ2n) is 6.34. The van der Waals surface area contributed by atoms with Gasteiger partial charge in [0.05, 0.1) is 5.69 Å². The molecule has 0 bridgehead atoms. The molecule has 7 heteroatoms. The van der Waals surface area contributed by atoms with E-state index in [0.29, 0.717) is 5.13 Å². The maximum Gasteiger partial charge on any atom is 0.250 e. The van der Waals surface area contributed by atoms with Crippen molar-refractivity contribution in [3.63, 3.8) is 0 Å². The third-order valence-corrected chi connectivity index (χ3v) is 4.94. The Morgan fingerprint density at radius 1 is 1.46 bits per heavy atom. The lowest BCUT2D eigenvalue weighted by Gasteiger charge is -2.30. The molecule has 2 aromatic rings. The van der Waals surface area contributed by atoms with Crippen LogP contribution in [0.25, 0.3) is 0 Å². The Hall–Kier alpha value is -1.99. The first-order valence-corrected chi connectivity index (χ1v) is 9.10. The lowest BCUT2D eigenvalue weighted by molar-refractivity contribution is -0.116. The predicted molar refractivity (Wildman–Crippen MR) is 95.1 cm³/mol. The second-order valence-corrected chi connectivity index (χ2v) is 7.20. The number of pyridine rings is 1. The van der Waals surface area contributed by atoms with Crippen LogP contribution in [0.3, 0.4) is 0 Å². The number of hydrogen-bond donors (Lipinski definition) is 1. The molecule has 0 aromatic carbocycles. The van der Waals surface area contributed by atoms with Crippen molar-refractivity contribution in [2.45, 2.75) is 32.9 Å². The molecule has 1 N–H and O–H groups in total. The maximum atomic E-state index is 12.1. The molecule has 2 aromatic heterocycles. The van der Waals surface area contributed by atoms with Gasteiger partial charge in [0.2, 0.25) is 5.91 Å². The summed E-state index contributed by atoms with van der Waals surface area (Å²) >= 11 is 1.42. The first-order chi connectivity index (χ1) is 11.6. The van der Waals surface area contributed by atoms with E-state index in [1.54, 1.807) is 18.3 Å². The van der Waals surface area contributed by atoms with Crippen LogP contribution in [0, 0.1) is 5.92 Å². The number of aromatic nitrogens is 2. The van der Waals surface area contributed by atoms with Crippen molar-refractivity contribution >= 4 is 22.4 Å². The highest BCUT2D eigenvalue weighted by atomic mass is 32.1. The molecular weight excluding hydrogens is 324 g/mol. The van der Waals surface area contributed by atoms with E-state index in [2.05, 4.69) is 22.1 Å². The lowest BCUT2D eigenvalue weighted by atomic mass is 10.0. The number of nitrogens with one attached hydrogen (secondary N) is 1. The number of carbonyl (C=O) groups is 1. The quantitative estimate of drug-likeness (QED) is 0.901. The topological polar surface area (TPSA) is 67.2 Å². The number of likely N-dealkylation sites (tertiary alicyclic amines) is 1. The average molecular weight is 346 g/mol. The Morgan fingerprint density at radius 2 is 2.33 bits per heavy atom. The first kappa shape index (κ1) is 16.9. The van der Waals surface area contributed by atoms with Crippen LogP contribution in [0.4, 0.5) is 5.13 Å². The van der Waals surface area contributed by atoms with Gasteiger partial charge in [0.1, 0.15) is 6.54 Å². The molecule has 1 fully saturated rings. The molecule has 1 amide bonds. The zero-order chi connectivity index (χ0) is 16.9. The summed E-state index contributed by atoms with van der Waals surface area (Å²) in [7, 11) is 0. The summed E-state index contributed by atoms with van der Waals surface area (Å²) in [5.74, 6) is 0.497. The molecule has 24 heavy (non-hydrogen) atoms. The highest BCUT2D eigenvalue weighted by molar-refractivity contribution is 7.13. The van der Waals surface area contributed by atoms with Crippen molar-refractivity contribution in [2.75, 3.05) is 18.4 Å². The van der Waals surface area contributed by atoms with Crippen LogP contribution >= 0.6 is 11.3 Å². The van der Waals surface area contributed by atoms with Gasteiger partial charge in [-0.15, -0.1) is 11.3 Å². The fraction of sp³-hybridized carbons (Fsp3) is 0.471. The molecular formula is C17H22N4O2S. The van der Waals surface area contributed by atoms with Crippen LogP contribution in [0.5, 0.6) is 0 Å². The molecule has 0 aliphatic carbocycles. The normalized spacial score (nSPS) is 18.5. The minimum atomic E-state index is -0.240. The van der Waals surface area contributed by atoms with Crippen molar-refractivity contribution in [2.24, 2.45) is 5.92 Å². The Bertz CT molecular complexity index is 755. The van der Waals surface area contributed by atoms with Gasteiger partial charge >= 0.3 is 0 Å². The molecule has 6 nitrogen and oxygen atoms in total. The summed E-state index contributed by atoms with van der Waals surface area (Å²) in [5.41, 5.74) is 0.799. The number of rotatable bonds is 5. The third-order valence-electron chi connectivity index (χ3n) is 4.14. The summed E-state index contributed by atoms with van der Waals surface area (Å²) in [5, 5.41) is 5.35. The Labute approximate surface area is 145 Å². The van der Waals surface area contributed by atoms with Gasteiger partial charge in [-0.3, -0.25) is 14.5 Å². The van der Waals surface area contributed by atoms with Crippen LogP contribution in [0.1, 0.15) is 25.5 Å². The summed E-state index contributed by atoms with van der Waals surface area (Å²) in [6, 6.07) is 4.83. The first-order valence-electron chi connectivity index (χ1n) is 8.22. The average Bonchev–Trinajstić information content (AvgIpc) is 2.96. The molecule has 128 valence electrons. The van der Waals surface area contributed by atoms with E-state index in [9.17, 15) is 9.59 Å². The van der Waals surface area contributed by atoms with Gasteiger partial charge in [0.25, 0.3) is 5.56 Å². The molecule has 0 radical (unpaired) electrons. The minimum Gasteiger partial charge on any atom is -0.306 e. The molecule has 1 saturated heterocycles. The van der Waals surface area contributed by atoms with E-state index in [1.807, 2.05) is 5.38 Å². The van der Waals surface area contributed by atoms with Gasteiger partial charge in [-0.25, -0.2) is 4.98 Å². The zero-order valence-electron chi connectivity index (χ0n) is 13.8. The molecule has 3 heterocycles.